The lowest BCUT2D eigenvalue weighted by Gasteiger charge is -2.19. The summed E-state index contributed by atoms with van der Waals surface area (Å²) in [6, 6.07) is 16.8. The standard InChI is InChI=1S/C20H21ClN2O2/c1-3-16(17-7-5-4-6-8-17)13-23-20(24)14(2)25-19-10-9-15(12-22)11-18(19)21/h4-11,14,16H,3,13H2,1-2H3,(H,23,24)/t14-,16+/m1/s1. The highest BCUT2D eigenvalue weighted by Gasteiger charge is 2.18. The number of hydrogen-bond acceptors (Lipinski definition) is 3. The number of ether oxygens (including phenoxy) is 1. The third-order valence-electron chi connectivity index (χ3n) is 4.02. The lowest BCUT2D eigenvalue weighted by atomic mass is 9.96. The van der Waals surface area contributed by atoms with Crippen molar-refractivity contribution in [2.75, 3.05) is 6.54 Å². The number of nitrogens with one attached hydrogen (secondary N) is 1. The summed E-state index contributed by atoms with van der Waals surface area (Å²) >= 11 is 6.08. The van der Waals surface area contributed by atoms with E-state index in [2.05, 4.69) is 24.4 Å². The van der Waals surface area contributed by atoms with Crippen LogP contribution in [0.5, 0.6) is 5.75 Å². The number of halogens is 1. The van der Waals surface area contributed by atoms with Gasteiger partial charge in [-0.1, -0.05) is 48.9 Å². The van der Waals surface area contributed by atoms with E-state index in [1.165, 1.54) is 11.6 Å². The van der Waals surface area contributed by atoms with Gasteiger partial charge in [-0.05, 0) is 37.1 Å². The van der Waals surface area contributed by atoms with Crippen LogP contribution in [0.3, 0.4) is 0 Å². The lowest BCUT2D eigenvalue weighted by molar-refractivity contribution is -0.127. The van der Waals surface area contributed by atoms with Crippen molar-refractivity contribution in [1.29, 1.82) is 5.26 Å². The molecule has 5 heteroatoms. The number of nitrogens with zero attached hydrogens (tertiary/aromatic N) is 1. The summed E-state index contributed by atoms with van der Waals surface area (Å²) in [4.78, 5) is 12.3. The molecule has 0 saturated heterocycles. The smallest absolute Gasteiger partial charge is 0.260 e. The van der Waals surface area contributed by atoms with E-state index in [4.69, 9.17) is 21.6 Å². The van der Waals surface area contributed by atoms with Gasteiger partial charge in [0.1, 0.15) is 5.75 Å². The van der Waals surface area contributed by atoms with Crippen LogP contribution >= 0.6 is 11.6 Å². The van der Waals surface area contributed by atoms with Gasteiger partial charge in [-0.3, -0.25) is 4.79 Å². The minimum Gasteiger partial charge on any atom is -0.479 e. The maximum Gasteiger partial charge on any atom is 0.260 e. The summed E-state index contributed by atoms with van der Waals surface area (Å²) in [5.74, 6) is 0.448. The van der Waals surface area contributed by atoms with Gasteiger partial charge in [0.05, 0.1) is 16.7 Å². The van der Waals surface area contributed by atoms with Crippen LogP contribution < -0.4 is 10.1 Å². The quantitative estimate of drug-likeness (QED) is 0.805. The topological polar surface area (TPSA) is 62.1 Å². The summed E-state index contributed by atoms with van der Waals surface area (Å²) in [6.07, 6.45) is 0.250. The van der Waals surface area contributed by atoms with E-state index < -0.39 is 6.10 Å². The minimum atomic E-state index is -0.682. The summed E-state index contributed by atoms with van der Waals surface area (Å²) in [6.45, 7) is 4.32. The Hall–Kier alpha value is -2.51. The van der Waals surface area contributed by atoms with E-state index in [0.29, 0.717) is 22.9 Å². The number of carbonyl (C=O) groups is 1. The molecule has 0 radical (unpaired) electrons. The first-order valence-electron chi connectivity index (χ1n) is 8.24. The first kappa shape index (κ1) is 18.8. The number of nitriles is 1. The third kappa shape index (κ3) is 5.23. The van der Waals surface area contributed by atoms with Gasteiger partial charge in [0.15, 0.2) is 6.10 Å². The van der Waals surface area contributed by atoms with E-state index >= 15 is 0 Å². The Balaban J connectivity index is 1.93. The van der Waals surface area contributed by atoms with Gasteiger partial charge < -0.3 is 10.1 Å². The number of hydrogen-bond donors (Lipinski definition) is 1. The summed E-state index contributed by atoms with van der Waals surface area (Å²) in [5, 5.41) is 12.1. The molecule has 1 amide bonds. The molecule has 2 rings (SSSR count). The average molecular weight is 357 g/mol. The number of amides is 1. The SMILES string of the molecule is CC[C@@H](CNC(=O)[C@@H](C)Oc1ccc(C#N)cc1Cl)c1ccccc1. The van der Waals surface area contributed by atoms with Crippen molar-refractivity contribution in [3.63, 3.8) is 0 Å². The summed E-state index contributed by atoms with van der Waals surface area (Å²) in [7, 11) is 0. The summed E-state index contributed by atoms with van der Waals surface area (Å²) in [5.41, 5.74) is 1.65. The Kier molecular flexibility index (Phi) is 6.85. The molecule has 0 fully saturated rings. The average Bonchev–Trinajstić information content (AvgIpc) is 2.64. The first-order valence-corrected chi connectivity index (χ1v) is 8.62. The van der Waals surface area contributed by atoms with Gasteiger partial charge >= 0.3 is 0 Å². The van der Waals surface area contributed by atoms with Crippen LogP contribution in [0.15, 0.2) is 48.5 Å². The molecule has 0 aliphatic heterocycles. The van der Waals surface area contributed by atoms with Crippen LogP contribution in [0.2, 0.25) is 5.02 Å². The largest absolute Gasteiger partial charge is 0.479 e. The molecule has 0 bridgehead atoms. The molecule has 2 aromatic carbocycles. The van der Waals surface area contributed by atoms with Crippen molar-refractivity contribution in [1.82, 2.24) is 5.32 Å². The van der Waals surface area contributed by atoms with Crippen LogP contribution in [0.25, 0.3) is 0 Å². The Labute approximate surface area is 153 Å². The van der Waals surface area contributed by atoms with Gasteiger partial charge in [-0.15, -0.1) is 0 Å². The predicted octanol–water partition coefficient (Wildman–Crippen LogP) is 4.29. The molecule has 25 heavy (non-hydrogen) atoms. The van der Waals surface area contributed by atoms with E-state index in [1.807, 2.05) is 24.3 Å². The normalized spacial score (nSPS) is 12.7. The number of rotatable bonds is 7. The maximum absolute atomic E-state index is 12.3. The molecule has 130 valence electrons. The van der Waals surface area contributed by atoms with Crippen molar-refractivity contribution in [3.8, 4) is 11.8 Å². The third-order valence-corrected chi connectivity index (χ3v) is 4.32. The highest BCUT2D eigenvalue weighted by molar-refractivity contribution is 6.32. The van der Waals surface area contributed by atoms with Crippen molar-refractivity contribution < 1.29 is 9.53 Å². The molecule has 0 aromatic heterocycles. The van der Waals surface area contributed by atoms with Crippen molar-refractivity contribution in [2.24, 2.45) is 0 Å². The second kappa shape index (κ2) is 9.10. The number of carbonyl (C=O) groups excluding carboxylic acids is 1. The van der Waals surface area contributed by atoms with Crippen LogP contribution in [-0.2, 0) is 4.79 Å². The Morgan fingerprint density at radius 1 is 1.28 bits per heavy atom. The zero-order valence-electron chi connectivity index (χ0n) is 14.3. The Morgan fingerprint density at radius 2 is 2.00 bits per heavy atom. The van der Waals surface area contributed by atoms with Crippen molar-refractivity contribution in [2.45, 2.75) is 32.3 Å². The fourth-order valence-electron chi connectivity index (χ4n) is 2.50. The highest BCUT2D eigenvalue weighted by atomic mass is 35.5. The fourth-order valence-corrected chi connectivity index (χ4v) is 2.73. The van der Waals surface area contributed by atoms with E-state index in [0.717, 1.165) is 6.42 Å². The molecule has 0 saturated carbocycles. The first-order chi connectivity index (χ1) is 12.0. The number of benzene rings is 2. The van der Waals surface area contributed by atoms with Gasteiger partial charge in [0, 0.05) is 12.5 Å². The molecular weight excluding hydrogens is 336 g/mol. The molecule has 4 nitrogen and oxygen atoms in total. The zero-order valence-corrected chi connectivity index (χ0v) is 15.1. The minimum absolute atomic E-state index is 0.199. The molecule has 1 N–H and O–H groups in total. The molecular formula is C20H21ClN2O2. The summed E-state index contributed by atoms with van der Waals surface area (Å²) < 4.78 is 5.62. The Morgan fingerprint density at radius 3 is 2.60 bits per heavy atom. The monoisotopic (exact) mass is 356 g/mol. The van der Waals surface area contributed by atoms with Gasteiger partial charge in [-0.25, -0.2) is 0 Å². The van der Waals surface area contributed by atoms with Gasteiger partial charge in [0.2, 0.25) is 0 Å². The maximum atomic E-state index is 12.3. The van der Waals surface area contributed by atoms with Crippen LogP contribution in [0.4, 0.5) is 0 Å². The van der Waals surface area contributed by atoms with E-state index in [-0.39, 0.29) is 11.8 Å². The second-order valence-corrected chi connectivity index (χ2v) is 6.19. The second-order valence-electron chi connectivity index (χ2n) is 5.78. The van der Waals surface area contributed by atoms with Gasteiger partial charge in [0.25, 0.3) is 5.91 Å². The molecule has 0 aliphatic rings. The molecule has 2 atom stereocenters. The van der Waals surface area contributed by atoms with Crippen molar-refractivity contribution >= 4 is 17.5 Å². The van der Waals surface area contributed by atoms with E-state index in [1.54, 1.807) is 19.1 Å². The lowest BCUT2D eigenvalue weighted by Crippen LogP contribution is -2.38. The zero-order chi connectivity index (χ0) is 18.2. The van der Waals surface area contributed by atoms with Gasteiger partial charge in [-0.2, -0.15) is 5.26 Å². The Bertz CT molecular complexity index is 756. The van der Waals surface area contributed by atoms with Crippen molar-refractivity contribution in [3.05, 3.63) is 64.7 Å². The molecule has 0 spiro atoms. The fraction of sp³-hybridized carbons (Fsp3) is 0.300. The molecule has 0 unspecified atom stereocenters. The molecule has 2 aromatic rings. The molecule has 0 aliphatic carbocycles. The highest BCUT2D eigenvalue weighted by Crippen LogP contribution is 2.26. The van der Waals surface area contributed by atoms with Crippen LogP contribution in [0.1, 0.15) is 37.3 Å². The van der Waals surface area contributed by atoms with Crippen LogP contribution in [-0.4, -0.2) is 18.6 Å². The predicted molar refractivity (Wildman–Crippen MR) is 98.7 cm³/mol. The molecule has 0 heterocycles. The van der Waals surface area contributed by atoms with E-state index in [9.17, 15) is 4.79 Å². The van der Waals surface area contributed by atoms with Crippen LogP contribution in [0, 0.1) is 11.3 Å².